The van der Waals surface area contributed by atoms with Gasteiger partial charge < -0.3 is 5.32 Å². The van der Waals surface area contributed by atoms with Gasteiger partial charge in [-0.25, -0.2) is 17.7 Å². The average Bonchev–Trinajstić information content (AvgIpc) is 3.07. The first-order chi connectivity index (χ1) is 13.0. The third kappa shape index (κ3) is 4.02. The molecule has 142 valence electrons. The molecule has 1 fully saturated rings. The molecule has 8 nitrogen and oxygen atoms in total. The Morgan fingerprint density at radius 1 is 1.15 bits per heavy atom. The molecule has 0 amide bonds. The second-order valence-electron chi connectivity index (χ2n) is 6.44. The van der Waals surface area contributed by atoms with Gasteiger partial charge in [-0.2, -0.15) is 4.52 Å². The Balaban J connectivity index is 1.38. The molecule has 1 aromatic carbocycles. The molecular weight excluding hydrogens is 386 g/mol. The van der Waals surface area contributed by atoms with Crippen LogP contribution in [-0.4, -0.2) is 46.5 Å². The number of aromatic nitrogens is 3. The van der Waals surface area contributed by atoms with Gasteiger partial charge in [-0.3, -0.25) is 4.79 Å². The number of sulfonamides is 1. The van der Waals surface area contributed by atoms with Gasteiger partial charge in [0.1, 0.15) is 0 Å². The SMILES string of the molecule is O=c1ccnc2sc(NC3CCN(S(=O)(=O)Cc4ccccc4)CC3)nn12. The van der Waals surface area contributed by atoms with Gasteiger partial charge in [0.2, 0.25) is 20.1 Å². The lowest BCUT2D eigenvalue weighted by Gasteiger charge is -2.31. The Kier molecular flexibility index (Phi) is 4.94. The van der Waals surface area contributed by atoms with E-state index in [1.807, 2.05) is 30.3 Å². The fourth-order valence-corrected chi connectivity index (χ4v) is 5.55. The zero-order valence-corrected chi connectivity index (χ0v) is 16.1. The van der Waals surface area contributed by atoms with E-state index in [0.717, 1.165) is 5.56 Å². The van der Waals surface area contributed by atoms with Crippen LogP contribution in [0.4, 0.5) is 5.13 Å². The third-order valence-corrected chi connectivity index (χ3v) is 7.24. The Bertz CT molecular complexity index is 1090. The van der Waals surface area contributed by atoms with Crippen molar-refractivity contribution in [2.45, 2.75) is 24.6 Å². The van der Waals surface area contributed by atoms with Crippen LogP contribution in [0.25, 0.3) is 4.96 Å². The monoisotopic (exact) mass is 405 g/mol. The quantitative estimate of drug-likeness (QED) is 0.692. The number of rotatable bonds is 5. The van der Waals surface area contributed by atoms with Crippen molar-refractivity contribution >= 4 is 31.5 Å². The zero-order chi connectivity index (χ0) is 18.9. The predicted octanol–water partition coefficient (Wildman–Crippen LogP) is 1.56. The summed E-state index contributed by atoms with van der Waals surface area (Å²) < 4.78 is 28.1. The third-order valence-electron chi connectivity index (χ3n) is 4.54. The van der Waals surface area contributed by atoms with E-state index in [4.69, 9.17) is 0 Å². The van der Waals surface area contributed by atoms with Crippen LogP contribution in [-0.2, 0) is 15.8 Å². The zero-order valence-electron chi connectivity index (χ0n) is 14.5. The summed E-state index contributed by atoms with van der Waals surface area (Å²) >= 11 is 1.31. The summed E-state index contributed by atoms with van der Waals surface area (Å²) in [6.45, 7) is 0.936. The molecule has 0 radical (unpaired) electrons. The number of hydrogen-bond acceptors (Lipinski definition) is 7. The Labute approximate surface area is 160 Å². The van der Waals surface area contributed by atoms with Crippen molar-refractivity contribution in [1.82, 2.24) is 18.9 Å². The van der Waals surface area contributed by atoms with Gasteiger partial charge in [0.15, 0.2) is 0 Å². The molecule has 0 bridgehead atoms. The number of nitrogens with zero attached hydrogens (tertiary/aromatic N) is 4. The van der Waals surface area contributed by atoms with Crippen molar-refractivity contribution in [2.24, 2.45) is 0 Å². The number of hydrogen-bond donors (Lipinski definition) is 1. The minimum atomic E-state index is -3.32. The summed E-state index contributed by atoms with van der Waals surface area (Å²) in [4.78, 5) is 16.4. The molecule has 0 unspecified atom stereocenters. The van der Waals surface area contributed by atoms with E-state index in [2.05, 4.69) is 15.4 Å². The highest BCUT2D eigenvalue weighted by Gasteiger charge is 2.28. The first-order valence-electron chi connectivity index (χ1n) is 8.64. The van der Waals surface area contributed by atoms with Crippen molar-refractivity contribution in [2.75, 3.05) is 18.4 Å². The molecule has 10 heteroatoms. The summed E-state index contributed by atoms with van der Waals surface area (Å²) in [5.41, 5.74) is 0.580. The largest absolute Gasteiger partial charge is 0.357 e. The van der Waals surface area contributed by atoms with Crippen molar-refractivity contribution in [3.8, 4) is 0 Å². The van der Waals surface area contributed by atoms with E-state index in [1.54, 1.807) is 4.31 Å². The van der Waals surface area contributed by atoms with E-state index in [9.17, 15) is 13.2 Å². The molecule has 3 aromatic rings. The lowest BCUT2D eigenvalue weighted by Crippen LogP contribution is -2.42. The lowest BCUT2D eigenvalue weighted by molar-refractivity contribution is 0.329. The molecule has 3 heterocycles. The van der Waals surface area contributed by atoms with Crippen molar-refractivity contribution in [3.05, 3.63) is 58.5 Å². The average molecular weight is 406 g/mol. The topological polar surface area (TPSA) is 96.7 Å². The van der Waals surface area contributed by atoms with Crippen molar-refractivity contribution < 1.29 is 8.42 Å². The molecule has 2 aromatic heterocycles. The predicted molar refractivity (Wildman–Crippen MR) is 104 cm³/mol. The number of fused-ring (bicyclic) bond motifs is 1. The molecule has 1 aliphatic rings. The molecule has 1 N–H and O–H groups in total. The fraction of sp³-hybridized carbons (Fsp3) is 0.353. The maximum atomic E-state index is 12.6. The first kappa shape index (κ1) is 18.1. The lowest BCUT2D eigenvalue weighted by atomic mass is 10.1. The van der Waals surface area contributed by atoms with Gasteiger partial charge in [0.05, 0.1) is 5.75 Å². The van der Waals surface area contributed by atoms with E-state index in [1.165, 1.54) is 28.1 Å². The van der Waals surface area contributed by atoms with Crippen molar-refractivity contribution in [1.29, 1.82) is 0 Å². The maximum Gasteiger partial charge on any atom is 0.275 e. The summed E-state index contributed by atoms with van der Waals surface area (Å²) in [5.74, 6) is 0.0262. The van der Waals surface area contributed by atoms with Crippen LogP contribution in [0.3, 0.4) is 0 Å². The Morgan fingerprint density at radius 3 is 2.59 bits per heavy atom. The highest BCUT2D eigenvalue weighted by molar-refractivity contribution is 7.88. The summed E-state index contributed by atoms with van der Waals surface area (Å²) in [6.07, 6.45) is 2.84. The summed E-state index contributed by atoms with van der Waals surface area (Å²) in [5, 5.41) is 8.17. The number of benzene rings is 1. The smallest absolute Gasteiger partial charge is 0.275 e. The van der Waals surface area contributed by atoms with Crippen LogP contribution in [0.15, 0.2) is 47.4 Å². The van der Waals surface area contributed by atoms with Crippen LogP contribution in [0.1, 0.15) is 18.4 Å². The van der Waals surface area contributed by atoms with Gasteiger partial charge in [-0.15, -0.1) is 5.10 Å². The molecular formula is C17H19N5O3S2. The molecule has 0 aliphatic carbocycles. The Hall–Kier alpha value is -2.30. The molecule has 0 spiro atoms. The molecule has 1 saturated heterocycles. The minimum absolute atomic E-state index is 0.0262. The molecule has 0 saturated carbocycles. The van der Waals surface area contributed by atoms with Gasteiger partial charge in [0, 0.05) is 31.4 Å². The van der Waals surface area contributed by atoms with Crippen LogP contribution < -0.4 is 10.9 Å². The van der Waals surface area contributed by atoms with E-state index in [0.29, 0.717) is 36.0 Å². The standard InChI is InChI=1S/C17H19N5O3S2/c23-15-6-9-18-17-22(15)20-16(26-17)19-14-7-10-21(11-8-14)27(24,25)12-13-4-2-1-3-5-13/h1-6,9,14H,7-8,10-12H2,(H,19,20). The second kappa shape index (κ2) is 7.37. The highest BCUT2D eigenvalue weighted by atomic mass is 32.2. The van der Waals surface area contributed by atoms with Crippen molar-refractivity contribution in [3.63, 3.8) is 0 Å². The van der Waals surface area contributed by atoms with Crippen LogP contribution >= 0.6 is 11.3 Å². The fourth-order valence-electron chi connectivity index (χ4n) is 3.13. The molecule has 0 atom stereocenters. The molecule has 27 heavy (non-hydrogen) atoms. The van der Waals surface area contributed by atoms with Crippen LogP contribution in [0.5, 0.6) is 0 Å². The highest BCUT2D eigenvalue weighted by Crippen LogP contribution is 2.22. The maximum absolute atomic E-state index is 12.6. The number of anilines is 1. The number of piperidine rings is 1. The van der Waals surface area contributed by atoms with Gasteiger partial charge in [-0.1, -0.05) is 41.7 Å². The van der Waals surface area contributed by atoms with E-state index >= 15 is 0 Å². The minimum Gasteiger partial charge on any atom is -0.357 e. The Morgan fingerprint density at radius 2 is 1.89 bits per heavy atom. The number of nitrogens with one attached hydrogen (secondary N) is 1. The normalized spacial score (nSPS) is 16.6. The molecule has 4 rings (SSSR count). The van der Waals surface area contributed by atoms with E-state index < -0.39 is 10.0 Å². The van der Waals surface area contributed by atoms with Gasteiger partial charge in [0.25, 0.3) is 5.56 Å². The summed E-state index contributed by atoms with van der Waals surface area (Å²) in [6, 6.07) is 10.7. The van der Waals surface area contributed by atoms with E-state index in [-0.39, 0.29) is 17.4 Å². The second-order valence-corrected chi connectivity index (χ2v) is 9.37. The first-order valence-corrected chi connectivity index (χ1v) is 11.1. The molecule has 1 aliphatic heterocycles. The van der Waals surface area contributed by atoms with Crippen LogP contribution in [0.2, 0.25) is 0 Å². The van der Waals surface area contributed by atoms with Gasteiger partial charge >= 0.3 is 0 Å². The van der Waals surface area contributed by atoms with Crippen LogP contribution in [0, 0.1) is 0 Å². The van der Waals surface area contributed by atoms with Gasteiger partial charge in [-0.05, 0) is 18.4 Å². The summed E-state index contributed by atoms with van der Waals surface area (Å²) in [7, 11) is -3.32.